The Morgan fingerprint density at radius 2 is 1.88 bits per heavy atom. The first kappa shape index (κ1) is 19.2. The second-order valence-electron chi connectivity index (χ2n) is 5.88. The van der Waals surface area contributed by atoms with E-state index in [2.05, 4.69) is 15.7 Å². The Kier molecular flexibility index (Phi) is 6.48. The minimum atomic E-state index is -0.841. The van der Waals surface area contributed by atoms with Crippen molar-refractivity contribution in [1.29, 1.82) is 0 Å². The molecule has 0 aliphatic rings. The average Bonchev–Trinajstić information content (AvgIpc) is 2.96. The molecule has 0 saturated heterocycles. The van der Waals surface area contributed by atoms with Crippen LogP contribution in [0.2, 0.25) is 0 Å². The van der Waals surface area contributed by atoms with E-state index in [1.807, 2.05) is 30.3 Å². The van der Waals surface area contributed by atoms with E-state index >= 15 is 0 Å². The number of benzene rings is 1. The number of ether oxygens (including phenoxy) is 1. The molecule has 0 bridgehead atoms. The van der Waals surface area contributed by atoms with Crippen molar-refractivity contribution in [2.75, 3.05) is 6.54 Å². The summed E-state index contributed by atoms with van der Waals surface area (Å²) in [7, 11) is 0. The first-order chi connectivity index (χ1) is 12.4. The highest BCUT2D eigenvalue weighted by Crippen LogP contribution is 2.02. The molecule has 2 rings (SSSR count). The van der Waals surface area contributed by atoms with Gasteiger partial charge in [0.2, 0.25) is 5.91 Å². The van der Waals surface area contributed by atoms with Crippen molar-refractivity contribution in [3.05, 3.63) is 53.3 Å². The minimum absolute atomic E-state index is 0.109. The van der Waals surface area contributed by atoms with Gasteiger partial charge in [-0.25, -0.2) is 9.48 Å². The Hall–Kier alpha value is -3.16. The molecule has 1 unspecified atom stereocenters. The predicted molar refractivity (Wildman–Crippen MR) is 94.6 cm³/mol. The molecule has 138 valence electrons. The van der Waals surface area contributed by atoms with Crippen LogP contribution < -0.4 is 10.6 Å². The highest BCUT2D eigenvalue weighted by atomic mass is 16.5. The van der Waals surface area contributed by atoms with Gasteiger partial charge in [0.05, 0.1) is 12.2 Å². The molecule has 0 spiro atoms. The number of amides is 2. The summed E-state index contributed by atoms with van der Waals surface area (Å²) >= 11 is 0. The number of nitrogens with one attached hydrogen (secondary N) is 2. The van der Waals surface area contributed by atoms with Crippen molar-refractivity contribution in [1.82, 2.24) is 20.4 Å². The SMILES string of the molecule is Cc1cc(C)n(C(=O)CNC(=O)C(C)NC(=O)OCc2ccccc2)n1. The third-order valence-corrected chi connectivity index (χ3v) is 3.60. The number of carbonyl (C=O) groups excluding carboxylic acids is 3. The highest BCUT2D eigenvalue weighted by Gasteiger charge is 2.18. The van der Waals surface area contributed by atoms with Crippen LogP contribution in [0.4, 0.5) is 4.79 Å². The molecule has 2 amide bonds. The van der Waals surface area contributed by atoms with E-state index in [0.717, 1.165) is 11.3 Å². The van der Waals surface area contributed by atoms with Crippen molar-refractivity contribution in [3.8, 4) is 0 Å². The zero-order chi connectivity index (χ0) is 19.1. The Balaban J connectivity index is 1.75. The van der Waals surface area contributed by atoms with Gasteiger partial charge in [0, 0.05) is 5.69 Å². The average molecular weight is 358 g/mol. The molecule has 0 aliphatic carbocycles. The molecule has 1 atom stereocenters. The molecule has 2 aromatic rings. The largest absolute Gasteiger partial charge is 0.445 e. The second kappa shape index (κ2) is 8.80. The van der Waals surface area contributed by atoms with Crippen LogP contribution in [-0.2, 0) is 16.1 Å². The topological polar surface area (TPSA) is 102 Å². The smallest absolute Gasteiger partial charge is 0.408 e. The van der Waals surface area contributed by atoms with Gasteiger partial charge in [-0.05, 0) is 32.4 Å². The number of aryl methyl sites for hydroxylation is 2. The molecule has 8 nitrogen and oxygen atoms in total. The Morgan fingerprint density at radius 3 is 2.50 bits per heavy atom. The number of hydrogen-bond acceptors (Lipinski definition) is 5. The number of rotatable bonds is 6. The fraction of sp³-hybridized carbons (Fsp3) is 0.333. The summed E-state index contributed by atoms with van der Waals surface area (Å²) in [4.78, 5) is 35.8. The van der Waals surface area contributed by atoms with E-state index in [4.69, 9.17) is 4.74 Å². The fourth-order valence-corrected chi connectivity index (χ4v) is 2.28. The van der Waals surface area contributed by atoms with E-state index < -0.39 is 18.0 Å². The van der Waals surface area contributed by atoms with Crippen LogP contribution in [0.3, 0.4) is 0 Å². The lowest BCUT2D eigenvalue weighted by Gasteiger charge is -2.14. The molecular weight excluding hydrogens is 336 g/mol. The molecule has 0 fully saturated rings. The first-order valence-corrected chi connectivity index (χ1v) is 8.18. The fourth-order valence-electron chi connectivity index (χ4n) is 2.28. The zero-order valence-electron chi connectivity index (χ0n) is 15.0. The van der Waals surface area contributed by atoms with Crippen LogP contribution in [-0.4, -0.2) is 40.3 Å². The predicted octanol–water partition coefficient (Wildman–Crippen LogP) is 1.57. The van der Waals surface area contributed by atoms with Gasteiger partial charge < -0.3 is 15.4 Å². The maximum Gasteiger partial charge on any atom is 0.408 e. The second-order valence-corrected chi connectivity index (χ2v) is 5.88. The van der Waals surface area contributed by atoms with Crippen molar-refractivity contribution in [2.24, 2.45) is 0 Å². The van der Waals surface area contributed by atoms with Gasteiger partial charge in [0.1, 0.15) is 12.6 Å². The molecule has 0 aliphatic heterocycles. The van der Waals surface area contributed by atoms with Crippen LogP contribution >= 0.6 is 0 Å². The van der Waals surface area contributed by atoms with Crippen molar-refractivity contribution in [2.45, 2.75) is 33.4 Å². The number of aromatic nitrogens is 2. The Labute approximate surface area is 151 Å². The van der Waals surface area contributed by atoms with Crippen molar-refractivity contribution in [3.63, 3.8) is 0 Å². The molecule has 26 heavy (non-hydrogen) atoms. The molecule has 2 N–H and O–H groups in total. The standard InChI is InChI=1S/C18H22N4O4/c1-12-9-13(2)22(21-12)16(23)10-19-17(24)14(3)20-18(25)26-11-15-7-5-4-6-8-15/h4-9,14H,10-11H2,1-3H3,(H,19,24)(H,20,25). The van der Waals surface area contributed by atoms with E-state index in [1.54, 1.807) is 19.9 Å². The third-order valence-electron chi connectivity index (χ3n) is 3.60. The van der Waals surface area contributed by atoms with Gasteiger partial charge in [-0.1, -0.05) is 30.3 Å². The molecule has 0 radical (unpaired) electrons. The van der Waals surface area contributed by atoms with E-state index in [1.165, 1.54) is 11.6 Å². The molecule has 1 aromatic heterocycles. The maximum absolute atomic E-state index is 12.1. The van der Waals surface area contributed by atoms with E-state index in [-0.39, 0.29) is 19.1 Å². The van der Waals surface area contributed by atoms with Crippen LogP contribution in [0.5, 0.6) is 0 Å². The summed E-state index contributed by atoms with van der Waals surface area (Å²) in [5.74, 6) is -0.848. The van der Waals surface area contributed by atoms with Gasteiger partial charge in [-0.2, -0.15) is 5.10 Å². The molecule has 1 aromatic carbocycles. The van der Waals surface area contributed by atoms with E-state index in [0.29, 0.717) is 5.69 Å². The van der Waals surface area contributed by atoms with Gasteiger partial charge in [-0.15, -0.1) is 0 Å². The first-order valence-electron chi connectivity index (χ1n) is 8.18. The summed E-state index contributed by atoms with van der Waals surface area (Å²) in [6.45, 7) is 4.94. The van der Waals surface area contributed by atoms with Gasteiger partial charge in [-0.3, -0.25) is 9.59 Å². The van der Waals surface area contributed by atoms with Crippen LogP contribution in [0.1, 0.15) is 28.7 Å². The normalized spacial score (nSPS) is 11.5. The van der Waals surface area contributed by atoms with Gasteiger partial charge in [0.25, 0.3) is 5.91 Å². The van der Waals surface area contributed by atoms with Gasteiger partial charge >= 0.3 is 6.09 Å². The van der Waals surface area contributed by atoms with Gasteiger partial charge in [0.15, 0.2) is 0 Å². The summed E-state index contributed by atoms with van der Waals surface area (Å²) < 4.78 is 6.29. The number of nitrogens with zero attached hydrogens (tertiary/aromatic N) is 2. The quantitative estimate of drug-likeness (QED) is 0.816. The van der Waals surface area contributed by atoms with Crippen LogP contribution in [0.15, 0.2) is 36.4 Å². The molecule has 0 saturated carbocycles. The minimum Gasteiger partial charge on any atom is -0.445 e. The third kappa shape index (κ3) is 5.44. The molecular formula is C18H22N4O4. The molecule has 1 heterocycles. The van der Waals surface area contributed by atoms with E-state index in [9.17, 15) is 14.4 Å². The lowest BCUT2D eigenvalue weighted by atomic mass is 10.2. The highest BCUT2D eigenvalue weighted by molar-refractivity contribution is 5.89. The molecule has 8 heteroatoms. The summed E-state index contributed by atoms with van der Waals surface area (Å²) in [6.07, 6.45) is -0.707. The zero-order valence-corrected chi connectivity index (χ0v) is 15.0. The number of carbonyl (C=O) groups is 3. The number of alkyl carbamates (subject to hydrolysis) is 1. The monoisotopic (exact) mass is 358 g/mol. The summed E-state index contributed by atoms with van der Waals surface area (Å²) in [5, 5.41) is 8.96. The van der Waals surface area contributed by atoms with Crippen LogP contribution in [0, 0.1) is 13.8 Å². The van der Waals surface area contributed by atoms with Crippen LogP contribution in [0.25, 0.3) is 0 Å². The lowest BCUT2D eigenvalue weighted by molar-refractivity contribution is -0.122. The Morgan fingerprint density at radius 1 is 1.19 bits per heavy atom. The van der Waals surface area contributed by atoms with Crippen molar-refractivity contribution >= 4 is 17.9 Å². The maximum atomic E-state index is 12.1. The summed E-state index contributed by atoms with van der Waals surface area (Å²) in [6, 6.07) is 10.1. The van der Waals surface area contributed by atoms with Crippen molar-refractivity contribution < 1.29 is 19.1 Å². The Bertz CT molecular complexity index is 786. The summed E-state index contributed by atoms with van der Waals surface area (Å²) in [5.41, 5.74) is 2.26. The lowest BCUT2D eigenvalue weighted by Crippen LogP contribution is -2.46. The number of hydrogen-bond donors (Lipinski definition) is 2.